The predicted molar refractivity (Wildman–Crippen MR) is 56.4 cm³/mol. The van der Waals surface area contributed by atoms with Crippen LogP contribution in [0.25, 0.3) is 0 Å². The topological polar surface area (TPSA) is 12.5 Å². The number of rotatable bonds is 7. The smallest absolute Gasteiger partial charge is 0.0589 e. The summed E-state index contributed by atoms with van der Waals surface area (Å²) in [7, 11) is 1.76. The number of hydrogen-bond acceptors (Lipinski definition) is 2. The molecule has 0 bridgehead atoms. The van der Waals surface area contributed by atoms with Gasteiger partial charge in [0.2, 0.25) is 0 Å². The molecule has 1 fully saturated rings. The molecule has 0 aliphatic heterocycles. The predicted octanol–water partition coefficient (Wildman–Crippen LogP) is 1.97. The van der Waals surface area contributed by atoms with E-state index in [4.69, 9.17) is 16.3 Å². The molecule has 1 aliphatic carbocycles. The molecular weight excluding hydrogens is 186 g/mol. The quantitative estimate of drug-likeness (QED) is 0.590. The van der Waals surface area contributed by atoms with Crippen molar-refractivity contribution in [3.05, 3.63) is 0 Å². The standard InChI is InChI=1S/C10H20ClNO/c1-9(7-11)8-12(5-6-13-2)10-3-4-10/h9-10H,3-8H2,1-2H3. The van der Waals surface area contributed by atoms with Crippen molar-refractivity contribution in [3.8, 4) is 0 Å². The Labute approximate surface area is 86.2 Å². The maximum Gasteiger partial charge on any atom is 0.0589 e. The molecule has 1 unspecified atom stereocenters. The van der Waals surface area contributed by atoms with E-state index >= 15 is 0 Å². The van der Waals surface area contributed by atoms with E-state index < -0.39 is 0 Å². The van der Waals surface area contributed by atoms with E-state index in [1.54, 1.807) is 7.11 Å². The molecule has 0 heterocycles. The van der Waals surface area contributed by atoms with Gasteiger partial charge < -0.3 is 4.74 Å². The Morgan fingerprint density at radius 3 is 2.69 bits per heavy atom. The van der Waals surface area contributed by atoms with E-state index in [-0.39, 0.29) is 0 Å². The van der Waals surface area contributed by atoms with E-state index in [2.05, 4.69) is 11.8 Å². The van der Waals surface area contributed by atoms with E-state index in [9.17, 15) is 0 Å². The molecular formula is C10H20ClNO. The second kappa shape index (κ2) is 5.84. The molecule has 0 amide bonds. The van der Waals surface area contributed by atoms with Crippen LogP contribution in [0, 0.1) is 5.92 Å². The van der Waals surface area contributed by atoms with Gasteiger partial charge in [0.15, 0.2) is 0 Å². The van der Waals surface area contributed by atoms with E-state index in [0.717, 1.165) is 31.6 Å². The fraction of sp³-hybridized carbons (Fsp3) is 1.00. The number of nitrogens with zero attached hydrogens (tertiary/aromatic N) is 1. The Hall–Kier alpha value is 0.210. The van der Waals surface area contributed by atoms with Gasteiger partial charge in [-0.25, -0.2) is 0 Å². The summed E-state index contributed by atoms with van der Waals surface area (Å²) in [6, 6.07) is 0.820. The Morgan fingerprint density at radius 2 is 2.23 bits per heavy atom. The minimum atomic E-state index is 0.596. The third-order valence-electron chi connectivity index (χ3n) is 2.46. The lowest BCUT2D eigenvalue weighted by Crippen LogP contribution is -2.34. The van der Waals surface area contributed by atoms with Crippen molar-refractivity contribution in [1.82, 2.24) is 4.90 Å². The van der Waals surface area contributed by atoms with Gasteiger partial charge in [-0.1, -0.05) is 6.92 Å². The summed E-state index contributed by atoms with van der Waals surface area (Å²) in [5.41, 5.74) is 0. The van der Waals surface area contributed by atoms with E-state index in [0.29, 0.717) is 5.92 Å². The molecule has 1 aliphatic rings. The normalized spacial score (nSPS) is 19.4. The first-order valence-corrected chi connectivity index (χ1v) is 5.60. The molecule has 0 aromatic heterocycles. The zero-order valence-electron chi connectivity index (χ0n) is 8.63. The van der Waals surface area contributed by atoms with Crippen molar-refractivity contribution >= 4 is 11.6 Å². The van der Waals surface area contributed by atoms with E-state index in [1.165, 1.54) is 12.8 Å². The number of halogens is 1. The highest BCUT2D eigenvalue weighted by Crippen LogP contribution is 2.27. The van der Waals surface area contributed by atoms with Gasteiger partial charge >= 0.3 is 0 Å². The minimum absolute atomic E-state index is 0.596. The fourth-order valence-electron chi connectivity index (χ4n) is 1.52. The molecule has 0 radical (unpaired) electrons. The van der Waals surface area contributed by atoms with Gasteiger partial charge in [-0.15, -0.1) is 11.6 Å². The van der Waals surface area contributed by atoms with Crippen LogP contribution >= 0.6 is 11.6 Å². The van der Waals surface area contributed by atoms with Crippen LogP contribution in [0.5, 0.6) is 0 Å². The molecule has 0 aromatic carbocycles. The SMILES string of the molecule is COCCN(CC(C)CCl)C1CC1. The van der Waals surface area contributed by atoms with Gasteiger partial charge in [-0.2, -0.15) is 0 Å². The highest BCUT2D eigenvalue weighted by atomic mass is 35.5. The van der Waals surface area contributed by atoms with Crippen LogP contribution < -0.4 is 0 Å². The van der Waals surface area contributed by atoms with Crippen molar-refractivity contribution < 1.29 is 4.74 Å². The average molecular weight is 206 g/mol. The van der Waals surface area contributed by atoms with Crippen LogP contribution in [-0.2, 0) is 4.74 Å². The maximum absolute atomic E-state index is 5.80. The summed E-state index contributed by atoms with van der Waals surface area (Å²) in [6.45, 7) is 5.22. The highest BCUT2D eigenvalue weighted by Gasteiger charge is 2.29. The summed E-state index contributed by atoms with van der Waals surface area (Å²) in [5, 5.41) is 0. The lowest BCUT2D eigenvalue weighted by Gasteiger charge is -2.24. The van der Waals surface area contributed by atoms with Crippen molar-refractivity contribution in [1.29, 1.82) is 0 Å². The molecule has 2 nitrogen and oxygen atoms in total. The van der Waals surface area contributed by atoms with Gasteiger partial charge in [0.1, 0.15) is 0 Å². The third-order valence-corrected chi connectivity index (χ3v) is 2.98. The number of hydrogen-bond donors (Lipinski definition) is 0. The number of alkyl halides is 1. The van der Waals surface area contributed by atoms with Gasteiger partial charge in [-0.05, 0) is 18.8 Å². The zero-order valence-corrected chi connectivity index (χ0v) is 9.39. The van der Waals surface area contributed by atoms with Crippen LogP contribution in [0.1, 0.15) is 19.8 Å². The lowest BCUT2D eigenvalue weighted by molar-refractivity contribution is 0.136. The van der Waals surface area contributed by atoms with Crippen molar-refractivity contribution in [2.24, 2.45) is 5.92 Å². The van der Waals surface area contributed by atoms with Crippen LogP contribution in [0.2, 0.25) is 0 Å². The van der Waals surface area contributed by atoms with Crippen LogP contribution in [0.3, 0.4) is 0 Å². The largest absolute Gasteiger partial charge is 0.383 e. The minimum Gasteiger partial charge on any atom is -0.383 e. The second-order valence-electron chi connectivity index (χ2n) is 3.98. The van der Waals surface area contributed by atoms with Gasteiger partial charge in [0, 0.05) is 32.1 Å². The van der Waals surface area contributed by atoms with Crippen molar-refractivity contribution in [3.63, 3.8) is 0 Å². The molecule has 3 heteroatoms. The van der Waals surface area contributed by atoms with Crippen molar-refractivity contribution in [2.75, 3.05) is 32.7 Å². The number of methoxy groups -OCH3 is 1. The third kappa shape index (κ3) is 4.30. The maximum atomic E-state index is 5.80. The summed E-state index contributed by atoms with van der Waals surface area (Å²) < 4.78 is 5.09. The van der Waals surface area contributed by atoms with Gasteiger partial charge in [0.25, 0.3) is 0 Å². The molecule has 0 saturated heterocycles. The molecule has 1 atom stereocenters. The van der Waals surface area contributed by atoms with Crippen molar-refractivity contribution in [2.45, 2.75) is 25.8 Å². The Bertz CT molecular complexity index is 139. The van der Waals surface area contributed by atoms with Gasteiger partial charge in [-0.3, -0.25) is 4.90 Å². The summed E-state index contributed by atoms with van der Waals surface area (Å²) in [4.78, 5) is 2.51. The molecule has 1 rings (SSSR count). The first-order valence-electron chi connectivity index (χ1n) is 5.07. The molecule has 1 saturated carbocycles. The molecule has 13 heavy (non-hydrogen) atoms. The fourth-order valence-corrected chi connectivity index (χ4v) is 1.62. The van der Waals surface area contributed by atoms with Crippen LogP contribution in [0.15, 0.2) is 0 Å². The highest BCUT2D eigenvalue weighted by molar-refractivity contribution is 6.18. The molecule has 0 N–H and O–H groups in total. The zero-order chi connectivity index (χ0) is 9.68. The number of ether oxygens (including phenoxy) is 1. The second-order valence-corrected chi connectivity index (χ2v) is 4.29. The Kier molecular flexibility index (Phi) is 5.07. The first-order chi connectivity index (χ1) is 6.27. The molecule has 0 spiro atoms. The Morgan fingerprint density at radius 1 is 1.54 bits per heavy atom. The summed E-state index contributed by atoms with van der Waals surface area (Å²) in [6.07, 6.45) is 2.72. The van der Waals surface area contributed by atoms with Crippen LogP contribution in [0.4, 0.5) is 0 Å². The first kappa shape index (κ1) is 11.3. The lowest BCUT2D eigenvalue weighted by atomic mass is 10.2. The molecule has 0 aromatic rings. The monoisotopic (exact) mass is 205 g/mol. The van der Waals surface area contributed by atoms with Crippen LogP contribution in [-0.4, -0.2) is 43.6 Å². The average Bonchev–Trinajstić information content (AvgIpc) is 2.94. The molecule has 78 valence electrons. The summed E-state index contributed by atoms with van der Waals surface area (Å²) in [5.74, 6) is 1.36. The summed E-state index contributed by atoms with van der Waals surface area (Å²) >= 11 is 5.80. The van der Waals surface area contributed by atoms with E-state index in [1.807, 2.05) is 0 Å². The van der Waals surface area contributed by atoms with Gasteiger partial charge in [0.05, 0.1) is 6.61 Å². The Balaban J connectivity index is 2.20.